The van der Waals surface area contributed by atoms with Crippen molar-refractivity contribution in [3.8, 4) is 0 Å². The number of nitrogens with one attached hydrogen (secondary N) is 1. The van der Waals surface area contributed by atoms with Gasteiger partial charge in [-0.2, -0.15) is 0 Å². The number of hydrogen-bond donors (Lipinski definition) is 2. The molecule has 4 aliphatic rings. The summed E-state index contributed by atoms with van der Waals surface area (Å²) in [6, 6.07) is 0. The lowest BCUT2D eigenvalue weighted by Crippen LogP contribution is -2.51. The van der Waals surface area contributed by atoms with E-state index in [1.807, 2.05) is 6.92 Å². The molecular weight excluding hydrogens is 566 g/mol. The Morgan fingerprint density at radius 2 is 1.73 bits per heavy atom. The summed E-state index contributed by atoms with van der Waals surface area (Å²) in [5.41, 5.74) is 2.34. The molecule has 0 aromatic carbocycles. The van der Waals surface area contributed by atoms with Crippen LogP contribution in [-0.4, -0.2) is 69.6 Å². The zero-order valence-corrected chi connectivity index (χ0v) is 29.6. The van der Waals surface area contributed by atoms with Crippen molar-refractivity contribution in [3.05, 3.63) is 11.6 Å². The van der Waals surface area contributed by atoms with Crippen molar-refractivity contribution in [1.82, 2.24) is 5.32 Å². The highest BCUT2D eigenvalue weighted by Crippen LogP contribution is 2.67. The number of aliphatic hydroxyl groups is 1. The first-order valence-electron chi connectivity index (χ1n) is 18.6. The summed E-state index contributed by atoms with van der Waals surface area (Å²) in [7, 11) is 0. The van der Waals surface area contributed by atoms with Crippen LogP contribution in [0.4, 0.5) is 4.79 Å². The molecule has 7 nitrogen and oxygen atoms in total. The van der Waals surface area contributed by atoms with Gasteiger partial charge in [-0.25, -0.2) is 4.79 Å². The van der Waals surface area contributed by atoms with Crippen LogP contribution in [0, 0.1) is 46.3 Å². The third kappa shape index (κ3) is 9.48. The lowest BCUT2D eigenvalue weighted by Gasteiger charge is -2.58. The number of ether oxygens (including phenoxy) is 4. The minimum absolute atomic E-state index is 0.0329. The molecule has 45 heavy (non-hydrogen) atoms. The molecule has 0 aliphatic heterocycles. The number of hydrogen-bond acceptors (Lipinski definition) is 6. The summed E-state index contributed by atoms with van der Waals surface area (Å²) >= 11 is 0. The molecule has 0 spiro atoms. The van der Waals surface area contributed by atoms with Gasteiger partial charge in [0.05, 0.1) is 39.1 Å². The van der Waals surface area contributed by atoms with Crippen molar-refractivity contribution < 1.29 is 28.8 Å². The maximum Gasteiger partial charge on any atom is 0.407 e. The van der Waals surface area contributed by atoms with Gasteiger partial charge in [-0.05, 0) is 105 Å². The molecule has 4 aliphatic carbocycles. The molecule has 7 heteroatoms. The highest BCUT2D eigenvalue weighted by molar-refractivity contribution is 5.67. The average Bonchev–Trinajstić information content (AvgIpc) is 3.36. The van der Waals surface area contributed by atoms with Gasteiger partial charge in [0.25, 0.3) is 0 Å². The number of aliphatic hydroxyl groups excluding tert-OH is 1. The fourth-order valence-corrected chi connectivity index (χ4v) is 10.1. The van der Waals surface area contributed by atoms with E-state index in [1.165, 1.54) is 51.4 Å². The standard InChI is InChI=1S/C38H67NO6/c1-27(2)8-7-9-28(3)33-12-13-34-32-11-10-30-26-31(14-17-37(30,5)35(32)15-18-38(33,34)6)45-36(41)39-19-22-43-24-25-44-29(4)16-21-42-23-20-40/h10,27-29,31-35,40H,7-9,11-26H2,1-6H3,(H,39,41)/t28?,29?,31-,32?,33?,34?,35?,37-,38+/m1/s1. The Kier molecular flexibility index (Phi) is 14.1. The summed E-state index contributed by atoms with van der Waals surface area (Å²) in [5, 5.41) is 11.6. The van der Waals surface area contributed by atoms with Gasteiger partial charge in [0.2, 0.25) is 0 Å². The van der Waals surface area contributed by atoms with Crippen LogP contribution in [0.3, 0.4) is 0 Å². The summed E-state index contributed by atoms with van der Waals surface area (Å²) < 4.78 is 22.5. The molecule has 3 fully saturated rings. The maximum absolute atomic E-state index is 12.6. The van der Waals surface area contributed by atoms with E-state index in [2.05, 4.69) is 46.0 Å². The Bertz CT molecular complexity index is 939. The molecule has 0 bridgehead atoms. The molecule has 0 saturated heterocycles. The zero-order chi connectivity index (χ0) is 32.5. The lowest BCUT2D eigenvalue weighted by molar-refractivity contribution is -0.0581. The minimum Gasteiger partial charge on any atom is -0.446 e. The quantitative estimate of drug-likeness (QED) is 0.118. The fraction of sp³-hybridized carbons (Fsp3) is 0.921. The van der Waals surface area contributed by atoms with E-state index < -0.39 is 0 Å². The fourth-order valence-electron chi connectivity index (χ4n) is 10.1. The van der Waals surface area contributed by atoms with Crippen molar-refractivity contribution in [2.24, 2.45) is 46.3 Å². The van der Waals surface area contributed by atoms with Crippen molar-refractivity contribution >= 4 is 6.09 Å². The van der Waals surface area contributed by atoms with Crippen molar-refractivity contribution in [3.63, 3.8) is 0 Å². The van der Waals surface area contributed by atoms with Gasteiger partial charge < -0.3 is 29.4 Å². The lowest BCUT2D eigenvalue weighted by atomic mass is 9.47. The Labute approximate surface area is 274 Å². The second-order valence-electron chi connectivity index (χ2n) is 15.9. The number of alkyl carbamates (subject to hydrolysis) is 1. The van der Waals surface area contributed by atoms with E-state index >= 15 is 0 Å². The van der Waals surface area contributed by atoms with Gasteiger partial charge in [-0.1, -0.05) is 65.5 Å². The van der Waals surface area contributed by atoms with E-state index in [1.54, 1.807) is 5.57 Å². The van der Waals surface area contributed by atoms with Gasteiger partial charge >= 0.3 is 6.09 Å². The van der Waals surface area contributed by atoms with Gasteiger partial charge in [0.1, 0.15) is 6.10 Å². The Hall–Kier alpha value is -1.15. The molecule has 0 radical (unpaired) electrons. The summed E-state index contributed by atoms with van der Waals surface area (Å²) in [6.45, 7) is 17.3. The SMILES string of the molecule is CC(C)CCCC(C)C1CCC2C3CC=C4C[C@H](OC(=O)NCCOCCOC(C)CCOCCO)CC[C@@]4(C)C3CC[C@@]12C. The van der Waals surface area contributed by atoms with E-state index in [-0.39, 0.29) is 30.3 Å². The van der Waals surface area contributed by atoms with Crippen LogP contribution in [0.2, 0.25) is 0 Å². The molecule has 0 aromatic rings. The van der Waals surface area contributed by atoms with Crippen molar-refractivity contribution in [1.29, 1.82) is 0 Å². The van der Waals surface area contributed by atoms with Crippen LogP contribution >= 0.6 is 0 Å². The van der Waals surface area contributed by atoms with Gasteiger partial charge in [0.15, 0.2) is 0 Å². The molecule has 9 atom stereocenters. The monoisotopic (exact) mass is 633 g/mol. The highest BCUT2D eigenvalue weighted by atomic mass is 16.6. The van der Waals surface area contributed by atoms with Crippen LogP contribution in [-0.2, 0) is 18.9 Å². The normalized spacial score (nSPS) is 34.0. The smallest absolute Gasteiger partial charge is 0.407 e. The first-order valence-corrected chi connectivity index (χ1v) is 18.6. The molecular formula is C38H67NO6. The maximum atomic E-state index is 12.6. The predicted molar refractivity (Wildman–Crippen MR) is 180 cm³/mol. The van der Waals surface area contributed by atoms with Crippen molar-refractivity contribution in [2.45, 2.75) is 131 Å². The second-order valence-corrected chi connectivity index (χ2v) is 15.9. The van der Waals surface area contributed by atoms with E-state index in [9.17, 15) is 4.79 Å². The Morgan fingerprint density at radius 3 is 2.51 bits per heavy atom. The molecule has 260 valence electrons. The minimum atomic E-state index is -0.331. The van der Waals surface area contributed by atoms with Crippen LogP contribution < -0.4 is 5.32 Å². The van der Waals surface area contributed by atoms with E-state index in [0.717, 1.165) is 61.2 Å². The number of fused-ring (bicyclic) bond motifs is 5. The number of allylic oxidation sites excluding steroid dienone is 1. The molecule has 1 amide bonds. The predicted octanol–water partition coefficient (Wildman–Crippen LogP) is 7.94. The van der Waals surface area contributed by atoms with Crippen LogP contribution in [0.25, 0.3) is 0 Å². The van der Waals surface area contributed by atoms with Gasteiger partial charge in [0, 0.05) is 19.6 Å². The third-order valence-electron chi connectivity index (χ3n) is 12.6. The van der Waals surface area contributed by atoms with Crippen LogP contribution in [0.5, 0.6) is 0 Å². The first-order chi connectivity index (χ1) is 21.6. The number of amides is 1. The van der Waals surface area contributed by atoms with Crippen LogP contribution in [0.1, 0.15) is 119 Å². The molecule has 0 heterocycles. The molecule has 3 saturated carbocycles. The largest absolute Gasteiger partial charge is 0.446 e. The average molecular weight is 634 g/mol. The second kappa shape index (κ2) is 17.3. The summed E-state index contributed by atoms with van der Waals surface area (Å²) in [4.78, 5) is 12.6. The summed E-state index contributed by atoms with van der Waals surface area (Å²) in [5.74, 6) is 5.04. The number of rotatable bonds is 18. The Morgan fingerprint density at radius 1 is 0.933 bits per heavy atom. The van der Waals surface area contributed by atoms with E-state index in [4.69, 9.17) is 24.1 Å². The first kappa shape index (κ1) is 36.7. The van der Waals surface area contributed by atoms with Gasteiger partial charge in [-0.15, -0.1) is 0 Å². The number of carbonyl (C=O) groups excluding carboxylic acids is 1. The Balaban J connectivity index is 1.17. The highest BCUT2D eigenvalue weighted by Gasteiger charge is 2.59. The third-order valence-corrected chi connectivity index (χ3v) is 12.6. The number of carbonyl (C=O) groups is 1. The van der Waals surface area contributed by atoms with Crippen molar-refractivity contribution in [2.75, 3.05) is 46.2 Å². The van der Waals surface area contributed by atoms with Gasteiger partial charge in [-0.3, -0.25) is 0 Å². The zero-order valence-electron chi connectivity index (χ0n) is 29.6. The molecule has 2 N–H and O–H groups in total. The topological polar surface area (TPSA) is 86.3 Å². The molecule has 6 unspecified atom stereocenters. The van der Waals surface area contributed by atoms with E-state index in [0.29, 0.717) is 45.0 Å². The van der Waals surface area contributed by atoms with Crippen LogP contribution in [0.15, 0.2) is 11.6 Å². The molecule has 0 aromatic heterocycles. The summed E-state index contributed by atoms with van der Waals surface area (Å²) in [6.07, 6.45) is 17.1. The molecule has 4 rings (SSSR count).